The van der Waals surface area contributed by atoms with Crippen molar-refractivity contribution in [3.8, 4) is 16.9 Å². The van der Waals surface area contributed by atoms with Crippen LogP contribution in [0.2, 0.25) is 0 Å². The number of nitrogens with one attached hydrogen (secondary N) is 1. The molecule has 84 valence electrons. The summed E-state index contributed by atoms with van der Waals surface area (Å²) in [5.74, 6) is 0.864. The van der Waals surface area contributed by atoms with Gasteiger partial charge in [0.15, 0.2) is 0 Å². The highest BCUT2D eigenvalue weighted by atomic mass is 16.5. The van der Waals surface area contributed by atoms with Crippen LogP contribution in [-0.4, -0.2) is 17.1 Å². The number of hydrogen-bond donors (Lipinski definition) is 1. The SMILES string of the molecule is COc1cccc(-c2ccnc3[nH]ccc23)c1. The summed E-state index contributed by atoms with van der Waals surface area (Å²) in [6.45, 7) is 0. The van der Waals surface area contributed by atoms with E-state index < -0.39 is 0 Å². The van der Waals surface area contributed by atoms with Gasteiger partial charge in [0, 0.05) is 17.8 Å². The molecule has 1 N–H and O–H groups in total. The second-order valence-electron chi connectivity index (χ2n) is 3.83. The van der Waals surface area contributed by atoms with E-state index in [9.17, 15) is 0 Å². The summed E-state index contributed by atoms with van der Waals surface area (Å²) < 4.78 is 5.25. The third-order valence-corrected chi connectivity index (χ3v) is 2.84. The molecule has 17 heavy (non-hydrogen) atoms. The molecule has 2 aromatic heterocycles. The Bertz CT molecular complexity index is 658. The second-order valence-corrected chi connectivity index (χ2v) is 3.83. The minimum Gasteiger partial charge on any atom is -0.497 e. The number of hydrogen-bond acceptors (Lipinski definition) is 2. The van der Waals surface area contributed by atoms with Gasteiger partial charge < -0.3 is 9.72 Å². The maximum atomic E-state index is 5.25. The Kier molecular flexibility index (Phi) is 2.29. The molecule has 0 atom stereocenters. The summed E-state index contributed by atoms with van der Waals surface area (Å²) in [7, 11) is 1.68. The van der Waals surface area contributed by atoms with Gasteiger partial charge in [0.2, 0.25) is 0 Å². The van der Waals surface area contributed by atoms with Crippen LogP contribution in [0.1, 0.15) is 0 Å². The lowest BCUT2D eigenvalue weighted by Gasteiger charge is -2.05. The van der Waals surface area contributed by atoms with Crippen molar-refractivity contribution < 1.29 is 4.74 Å². The molecule has 3 aromatic rings. The Morgan fingerprint density at radius 1 is 1.18 bits per heavy atom. The van der Waals surface area contributed by atoms with Crippen molar-refractivity contribution in [2.75, 3.05) is 7.11 Å². The van der Waals surface area contributed by atoms with Crippen molar-refractivity contribution >= 4 is 11.0 Å². The van der Waals surface area contributed by atoms with E-state index in [1.54, 1.807) is 7.11 Å². The molecule has 0 spiro atoms. The largest absolute Gasteiger partial charge is 0.497 e. The zero-order valence-corrected chi connectivity index (χ0v) is 9.47. The van der Waals surface area contributed by atoms with Gasteiger partial charge in [-0.3, -0.25) is 0 Å². The van der Waals surface area contributed by atoms with E-state index >= 15 is 0 Å². The van der Waals surface area contributed by atoms with Gasteiger partial charge in [0.05, 0.1) is 7.11 Å². The van der Waals surface area contributed by atoms with E-state index in [1.807, 2.05) is 42.7 Å². The Labute approximate surface area is 99.1 Å². The first kappa shape index (κ1) is 9.90. The molecule has 0 unspecified atom stereocenters. The van der Waals surface area contributed by atoms with Gasteiger partial charge in [-0.15, -0.1) is 0 Å². The summed E-state index contributed by atoms with van der Waals surface area (Å²) in [5, 5.41) is 1.13. The first-order chi connectivity index (χ1) is 8.38. The number of ether oxygens (including phenoxy) is 1. The lowest BCUT2D eigenvalue weighted by Crippen LogP contribution is -1.85. The van der Waals surface area contributed by atoms with Gasteiger partial charge in [-0.25, -0.2) is 4.98 Å². The molecule has 1 aromatic carbocycles. The van der Waals surface area contributed by atoms with Crippen LogP contribution >= 0.6 is 0 Å². The number of aromatic nitrogens is 2. The van der Waals surface area contributed by atoms with Crippen molar-refractivity contribution in [2.24, 2.45) is 0 Å². The fourth-order valence-corrected chi connectivity index (χ4v) is 2.00. The average molecular weight is 224 g/mol. The summed E-state index contributed by atoms with van der Waals surface area (Å²) >= 11 is 0. The van der Waals surface area contributed by atoms with Crippen LogP contribution in [0.5, 0.6) is 5.75 Å². The Balaban J connectivity index is 2.23. The Morgan fingerprint density at radius 2 is 2.12 bits per heavy atom. The number of methoxy groups -OCH3 is 1. The van der Waals surface area contributed by atoms with Crippen LogP contribution in [0.15, 0.2) is 48.8 Å². The molecule has 3 heteroatoms. The summed E-state index contributed by atoms with van der Waals surface area (Å²) in [5.41, 5.74) is 3.21. The number of fused-ring (bicyclic) bond motifs is 1. The third kappa shape index (κ3) is 1.65. The maximum Gasteiger partial charge on any atom is 0.137 e. The van der Waals surface area contributed by atoms with Gasteiger partial charge in [-0.2, -0.15) is 0 Å². The highest BCUT2D eigenvalue weighted by Gasteiger charge is 2.05. The predicted molar refractivity (Wildman–Crippen MR) is 68.1 cm³/mol. The monoisotopic (exact) mass is 224 g/mol. The Hall–Kier alpha value is -2.29. The Morgan fingerprint density at radius 3 is 3.00 bits per heavy atom. The minimum absolute atomic E-state index is 0.864. The number of aromatic amines is 1. The molecule has 0 radical (unpaired) electrons. The van der Waals surface area contributed by atoms with Gasteiger partial charge in [0.1, 0.15) is 11.4 Å². The molecule has 0 bridgehead atoms. The minimum atomic E-state index is 0.864. The fourth-order valence-electron chi connectivity index (χ4n) is 2.00. The molecule has 0 aliphatic rings. The van der Waals surface area contributed by atoms with Crippen LogP contribution in [-0.2, 0) is 0 Å². The predicted octanol–water partition coefficient (Wildman–Crippen LogP) is 3.24. The lowest BCUT2D eigenvalue weighted by atomic mass is 10.0. The van der Waals surface area contributed by atoms with E-state index in [-0.39, 0.29) is 0 Å². The maximum absolute atomic E-state index is 5.25. The van der Waals surface area contributed by atoms with Crippen LogP contribution in [0.25, 0.3) is 22.2 Å². The lowest BCUT2D eigenvalue weighted by molar-refractivity contribution is 0.415. The van der Waals surface area contributed by atoms with Gasteiger partial charge in [-0.1, -0.05) is 12.1 Å². The summed E-state index contributed by atoms with van der Waals surface area (Å²) in [6.07, 6.45) is 3.72. The van der Waals surface area contributed by atoms with E-state index in [0.29, 0.717) is 0 Å². The number of nitrogens with zero attached hydrogens (tertiary/aromatic N) is 1. The fraction of sp³-hybridized carbons (Fsp3) is 0.0714. The molecule has 0 saturated carbocycles. The molecule has 3 nitrogen and oxygen atoms in total. The standard InChI is InChI=1S/C14H12N2O/c1-17-11-4-2-3-10(9-11)12-5-7-15-14-13(12)6-8-16-14/h2-9H,1H3,(H,15,16). The molecule has 3 rings (SSSR count). The molecule has 0 aliphatic carbocycles. The average Bonchev–Trinajstić information content (AvgIpc) is 2.87. The van der Waals surface area contributed by atoms with Crippen LogP contribution in [0.4, 0.5) is 0 Å². The molecule has 2 heterocycles. The topological polar surface area (TPSA) is 37.9 Å². The van der Waals surface area contributed by atoms with Gasteiger partial charge in [0.25, 0.3) is 0 Å². The first-order valence-electron chi connectivity index (χ1n) is 5.45. The number of H-pyrrole nitrogens is 1. The summed E-state index contributed by atoms with van der Waals surface area (Å²) in [6, 6.07) is 12.1. The molecule has 0 amide bonds. The van der Waals surface area contributed by atoms with Crippen molar-refractivity contribution in [1.29, 1.82) is 0 Å². The quantitative estimate of drug-likeness (QED) is 0.725. The molecule has 0 fully saturated rings. The van der Waals surface area contributed by atoms with Gasteiger partial charge in [-0.05, 0) is 35.4 Å². The van der Waals surface area contributed by atoms with E-state index in [4.69, 9.17) is 4.74 Å². The number of benzene rings is 1. The van der Waals surface area contributed by atoms with E-state index in [1.165, 1.54) is 0 Å². The van der Waals surface area contributed by atoms with Gasteiger partial charge >= 0.3 is 0 Å². The van der Waals surface area contributed by atoms with Crippen molar-refractivity contribution in [3.63, 3.8) is 0 Å². The van der Waals surface area contributed by atoms with Crippen LogP contribution in [0, 0.1) is 0 Å². The number of rotatable bonds is 2. The van der Waals surface area contributed by atoms with Crippen LogP contribution < -0.4 is 4.74 Å². The highest BCUT2D eigenvalue weighted by molar-refractivity contribution is 5.92. The number of pyridine rings is 1. The zero-order valence-electron chi connectivity index (χ0n) is 9.47. The second kappa shape index (κ2) is 3.94. The molecular formula is C14H12N2O. The van der Waals surface area contributed by atoms with Crippen molar-refractivity contribution in [2.45, 2.75) is 0 Å². The first-order valence-corrected chi connectivity index (χ1v) is 5.45. The molecular weight excluding hydrogens is 212 g/mol. The van der Waals surface area contributed by atoms with E-state index in [0.717, 1.165) is 27.9 Å². The van der Waals surface area contributed by atoms with Crippen molar-refractivity contribution in [1.82, 2.24) is 9.97 Å². The van der Waals surface area contributed by atoms with Crippen molar-refractivity contribution in [3.05, 3.63) is 48.8 Å². The molecule has 0 saturated heterocycles. The summed E-state index contributed by atoms with van der Waals surface area (Å²) in [4.78, 5) is 7.40. The highest BCUT2D eigenvalue weighted by Crippen LogP contribution is 2.29. The third-order valence-electron chi connectivity index (χ3n) is 2.84. The molecule has 0 aliphatic heterocycles. The smallest absolute Gasteiger partial charge is 0.137 e. The van der Waals surface area contributed by atoms with E-state index in [2.05, 4.69) is 16.0 Å². The van der Waals surface area contributed by atoms with Crippen LogP contribution in [0.3, 0.4) is 0 Å². The normalized spacial score (nSPS) is 10.6. The zero-order chi connectivity index (χ0) is 11.7.